The zero-order valence-corrected chi connectivity index (χ0v) is 8.29. The third-order valence-corrected chi connectivity index (χ3v) is 2.03. The van der Waals surface area contributed by atoms with Crippen molar-refractivity contribution >= 4 is 0 Å². The van der Waals surface area contributed by atoms with Gasteiger partial charge in [0, 0.05) is 6.54 Å². The Morgan fingerprint density at radius 2 is 1.92 bits per heavy atom. The molecular formula is C11H17NO. The fourth-order valence-electron chi connectivity index (χ4n) is 1.18. The summed E-state index contributed by atoms with van der Waals surface area (Å²) in [5, 5.41) is 0. The SMILES string of the molecule is Cc1ccc([C@H](C)OCCN)cc1. The van der Waals surface area contributed by atoms with Gasteiger partial charge in [0.2, 0.25) is 0 Å². The average Bonchev–Trinajstić information content (AvgIpc) is 2.15. The van der Waals surface area contributed by atoms with Gasteiger partial charge in [-0.3, -0.25) is 0 Å². The van der Waals surface area contributed by atoms with Gasteiger partial charge in [-0.1, -0.05) is 29.8 Å². The molecule has 0 saturated carbocycles. The maximum absolute atomic E-state index is 5.49. The lowest BCUT2D eigenvalue weighted by molar-refractivity contribution is 0.0718. The van der Waals surface area contributed by atoms with Crippen molar-refractivity contribution in [3.63, 3.8) is 0 Å². The molecule has 0 spiro atoms. The summed E-state index contributed by atoms with van der Waals surface area (Å²) >= 11 is 0. The molecule has 72 valence electrons. The van der Waals surface area contributed by atoms with Crippen LogP contribution in [0.25, 0.3) is 0 Å². The number of aryl methyl sites for hydroxylation is 1. The Morgan fingerprint density at radius 3 is 2.46 bits per heavy atom. The Hall–Kier alpha value is -0.860. The van der Waals surface area contributed by atoms with Crippen molar-refractivity contribution in [1.82, 2.24) is 0 Å². The van der Waals surface area contributed by atoms with Crippen LogP contribution in [0.3, 0.4) is 0 Å². The van der Waals surface area contributed by atoms with E-state index in [9.17, 15) is 0 Å². The summed E-state index contributed by atoms with van der Waals surface area (Å²) < 4.78 is 5.49. The number of nitrogens with two attached hydrogens (primary N) is 1. The largest absolute Gasteiger partial charge is 0.373 e. The van der Waals surface area contributed by atoms with Crippen molar-refractivity contribution in [3.8, 4) is 0 Å². The van der Waals surface area contributed by atoms with Crippen molar-refractivity contribution in [2.24, 2.45) is 5.73 Å². The van der Waals surface area contributed by atoms with Crippen LogP contribution in [0.5, 0.6) is 0 Å². The van der Waals surface area contributed by atoms with Crippen molar-refractivity contribution in [2.75, 3.05) is 13.2 Å². The number of rotatable bonds is 4. The summed E-state index contributed by atoms with van der Waals surface area (Å²) in [6.45, 7) is 5.32. The maximum Gasteiger partial charge on any atom is 0.0797 e. The minimum Gasteiger partial charge on any atom is -0.373 e. The molecular weight excluding hydrogens is 162 g/mol. The van der Waals surface area contributed by atoms with E-state index in [0.29, 0.717) is 13.2 Å². The van der Waals surface area contributed by atoms with Gasteiger partial charge in [0.15, 0.2) is 0 Å². The van der Waals surface area contributed by atoms with Crippen LogP contribution >= 0.6 is 0 Å². The summed E-state index contributed by atoms with van der Waals surface area (Å²) in [7, 11) is 0. The quantitative estimate of drug-likeness (QED) is 0.767. The number of hydrogen-bond acceptors (Lipinski definition) is 2. The molecule has 0 radical (unpaired) electrons. The Labute approximate surface area is 79.7 Å². The standard InChI is InChI=1S/C11H17NO/c1-9-3-5-11(6-4-9)10(2)13-8-7-12/h3-6,10H,7-8,12H2,1-2H3/t10-/m0/s1. The van der Waals surface area contributed by atoms with Crippen LogP contribution in [-0.4, -0.2) is 13.2 Å². The third-order valence-electron chi connectivity index (χ3n) is 2.03. The summed E-state index contributed by atoms with van der Waals surface area (Å²) in [5.41, 5.74) is 7.83. The van der Waals surface area contributed by atoms with E-state index in [1.807, 2.05) is 6.92 Å². The van der Waals surface area contributed by atoms with E-state index in [2.05, 4.69) is 31.2 Å². The molecule has 2 heteroatoms. The number of benzene rings is 1. The van der Waals surface area contributed by atoms with Gasteiger partial charge < -0.3 is 10.5 Å². The molecule has 0 unspecified atom stereocenters. The highest BCUT2D eigenvalue weighted by Crippen LogP contribution is 2.16. The predicted octanol–water partition coefficient (Wildman–Crippen LogP) is 2.03. The third kappa shape index (κ3) is 3.17. The Balaban J connectivity index is 2.55. The van der Waals surface area contributed by atoms with Gasteiger partial charge in [0.05, 0.1) is 12.7 Å². The minimum atomic E-state index is 0.143. The van der Waals surface area contributed by atoms with Crippen LogP contribution in [0.4, 0.5) is 0 Å². The molecule has 2 N–H and O–H groups in total. The van der Waals surface area contributed by atoms with Gasteiger partial charge in [0.25, 0.3) is 0 Å². The zero-order chi connectivity index (χ0) is 9.68. The van der Waals surface area contributed by atoms with Gasteiger partial charge in [-0.05, 0) is 19.4 Å². The van der Waals surface area contributed by atoms with Crippen molar-refractivity contribution < 1.29 is 4.74 Å². The molecule has 1 aromatic rings. The molecule has 0 heterocycles. The van der Waals surface area contributed by atoms with Crippen molar-refractivity contribution in [3.05, 3.63) is 35.4 Å². The van der Waals surface area contributed by atoms with Gasteiger partial charge in [0.1, 0.15) is 0 Å². The molecule has 0 aromatic heterocycles. The van der Waals surface area contributed by atoms with Crippen LogP contribution in [-0.2, 0) is 4.74 Å². The van der Waals surface area contributed by atoms with Crippen molar-refractivity contribution in [1.29, 1.82) is 0 Å². The average molecular weight is 179 g/mol. The lowest BCUT2D eigenvalue weighted by Crippen LogP contribution is -2.10. The van der Waals surface area contributed by atoms with Crippen LogP contribution < -0.4 is 5.73 Å². The number of ether oxygens (including phenoxy) is 1. The van der Waals surface area contributed by atoms with Gasteiger partial charge >= 0.3 is 0 Å². The summed E-state index contributed by atoms with van der Waals surface area (Å²) in [6, 6.07) is 8.38. The fraction of sp³-hybridized carbons (Fsp3) is 0.455. The van der Waals surface area contributed by atoms with E-state index < -0.39 is 0 Å². The Kier molecular flexibility index (Phi) is 3.93. The first kappa shape index (κ1) is 10.2. The zero-order valence-electron chi connectivity index (χ0n) is 8.29. The first-order valence-electron chi connectivity index (χ1n) is 4.62. The molecule has 1 atom stereocenters. The lowest BCUT2D eigenvalue weighted by atomic mass is 10.1. The van der Waals surface area contributed by atoms with E-state index in [1.165, 1.54) is 11.1 Å². The second-order valence-corrected chi connectivity index (χ2v) is 3.21. The maximum atomic E-state index is 5.49. The number of hydrogen-bond donors (Lipinski definition) is 1. The molecule has 0 aliphatic rings. The molecule has 0 aliphatic heterocycles. The smallest absolute Gasteiger partial charge is 0.0797 e. The van der Waals surface area contributed by atoms with E-state index in [-0.39, 0.29) is 6.10 Å². The topological polar surface area (TPSA) is 35.2 Å². The Bertz CT molecular complexity index is 243. The van der Waals surface area contributed by atoms with Crippen LogP contribution in [0, 0.1) is 6.92 Å². The fourth-order valence-corrected chi connectivity index (χ4v) is 1.18. The monoisotopic (exact) mass is 179 g/mol. The lowest BCUT2D eigenvalue weighted by Gasteiger charge is -2.12. The minimum absolute atomic E-state index is 0.143. The molecule has 0 saturated heterocycles. The van der Waals surface area contributed by atoms with Gasteiger partial charge in [-0.2, -0.15) is 0 Å². The van der Waals surface area contributed by atoms with Gasteiger partial charge in [-0.25, -0.2) is 0 Å². The summed E-state index contributed by atoms with van der Waals surface area (Å²) in [6.07, 6.45) is 0.143. The first-order valence-corrected chi connectivity index (χ1v) is 4.62. The highest BCUT2D eigenvalue weighted by Gasteiger charge is 2.03. The molecule has 0 bridgehead atoms. The second-order valence-electron chi connectivity index (χ2n) is 3.21. The summed E-state index contributed by atoms with van der Waals surface area (Å²) in [5.74, 6) is 0. The molecule has 0 amide bonds. The predicted molar refractivity (Wildman–Crippen MR) is 54.6 cm³/mol. The van der Waals surface area contributed by atoms with E-state index in [0.717, 1.165) is 0 Å². The normalized spacial score (nSPS) is 12.8. The van der Waals surface area contributed by atoms with Crippen LogP contribution in [0.15, 0.2) is 24.3 Å². The Morgan fingerprint density at radius 1 is 1.31 bits per heavy atom. The molecule has 1 aromatic carbocycles. The molecule has 13 heavy (non-hydrogen) atoms. The van der Waals surface area contributed by atoms with Crippen LogP contribution in [0.1, 0.15) is 24.2 Å². The van der Waals surface area contributed by atoms with Crippen LogP contribution in [0.2, 0.25) is 0 Å². The molecule has 0 aliphatic carbocycles. The second kappa shape index (κ2) is 5.00. The molecule has 2 nitrogen and oxygen atoms in total. The van der Waals surface area contributed by atoms with Gasteiger partial charge in [-0.15, -0.1) is 0 Å². The van der Waals surface area contributed by atoms with E-state index in [4.69, 9.17) is 10.5 Å². The van der Waals surface area contributed by atoms with E-state index in [1.54, 1.807) is 0 Å². The first-order chi connectivity index (χ1) is 6.24. The highest BCUT2D eigenvalue weighted by molar-refractivity contribution is 5.22. The molecule has 0 fully saturated rings. The van der Waals surface area contributed by atoms with E-state index >= 15 is 0 Å². The summed E-state index contributed by atoms with van der Waals surface area (Å²) in [4.78, 5) is 0. The highest BCUT2D eigenvalue weighted by atomic mass is 16.5. The molecule has 1 rings (SSSR count). The van der Waals surface area contributed by atoms with Crippen molar-refractivity contribution in [2.45, 2.75) is 20.0 Å².